The van der Waals surface area contributed by atoms with Gasteiger partial charge in [0.25, 0.3) is 0 Å². The molecule has 5 rings (SSSR count). The number of methoxy groups -OCH3 is 1. The van der Waals surface area contributed by atoms with Crippen LogP contribution >= 0.6 is 0 Å². The van der Waals surface area contributed by atoms with E-state index in [9.17, 15) is 40.5 Å². The Kier molecular flexibility index (Phi) is 8.89. The zero-order valence-electron chi connectivity index (χ0n) is 22.7. The highest BCUT2D eigenvalue weighted by molar-refractivity contribution is 6.02. The predicted molar refractivity (Wildman–Crippen MR) is 139 cm³/mol. The van der Waals surface area contributed by atoms with Crippen LogP contribution in [0.2, 0.25) is 0 Å². The van der Waals surface area contributed by atoms with Gasteiger partial charge >= 0.3 is 0 Å². The van der Waals surface area contributed by atoms with Crippen molar-refractivity contribution in [3.63, 3.8) is 0 Å². The Morgan fingerprint density at radius 3 is 2.26 bits per heavy atom. The molecule has 0 amide bonds. The molecular formula is C28H34O14. The quantitative estimate of drug-likeness (QED) is 0.208. The molecule has 230 valence electrons. The second kappa shape index (κ2) is 12.3. The van der Waals surface area contributed by atoms with Gasteiger partial charge in [0.05, 0.1) is 26.2 Å². The number of carbonyl (C=O) groups excluding carboxylic acids is 1. The summed E-state index contributed by atoms with van der Waals surface area (Å²) in [6.07, 6.45) is -15.9. The van der Waals surface area contributed by atoms with E-state index in [1.807, 2.05) is 0 Å². The first-order valence-corrected chi connectivity index (χ1v) is 13.4. The lowest BCUT2D eigenvalue weighted by Gasteiger charge is -2.45. The Morgan fingerprint density at radius 2 is 1.60 bits per heavy atom. The number of carbonyl (C=O) groups is 1. The van der Waals surface area contributed by atoms with Crippen LogP contribution in [0.5, 0.6) is 23.0 Å². The zero-order chi connectivity index (χ0) is 30.3. The number of aromatic hydroxyl groups is 1. The van der Waals surface area contributed by atoms with Crippen molar-refractivity contribution < 1.29 is 69.0 Å². The van der Waals surface area contributed by atoms with E-state index in [4.69, 9.17) is 28.4 Å². The number of Topliss-reactive ketones (excluding diaryl/α,β-unsaturated/α-hetero) is 1. The van der Waals surface area contributed by atoms with Crippen molar-refractivity contribution in [1.82, 2.24) is 0 Å². The third-order valence-electron chi connectivity index (χ3n) is 7.64. The number of aliphatic hydroxyl groups is 6. The first-order chi connectivity index (χ1) is 20.0. The van der Waals surface area contributed by atoms with E-state index in [1.165, 1.54) is 20.1 Å². The molecule has 0 aliphatic carbocycles. The van der Waals surface area contributed by atoms with Crippen LogP contribution in [0.15, 0.2) is 36.4 Å². The third kappa shape index (κ3) is 5.77. The number of aliphatic hydroxyl groups excluding tert-OH is 6. The van der Waals surface area contributed by atoms with Crippen molar-refractivity contribution in [2.24, 2.45) is 0 Å². The molecule has 42 heavy (non-hydrogen) atoms. The molecule has 14 heteroatoms. The average Bonchev–Trinajstić information content (AvgIpc) is 2.97. The maximum Gasteiger partial charge on any atom is 0.229 e. The van der Waals surface area contributed by atoms with E-state index in [1.54, 1.807) is 24.3 Å². The third-order valence-corrected chi connectivity index (χ3v) is 7.64. The number of phenols is 1. The average molecular weight is 595 g/mol. The van der Waals surface area contributed by atoms with E-state index in [0.717, 1.165) is 6.07 Å². The zero-order valence-corrected chi connectivity index (χ0v) is 22.7. The summed E-state index contributed by atoms with van der Waals surface area (Å²) in [5, 5.41) is 72.1. The van der Waals surface area contributed by atoms with Crippen molar-refractivity contribution in [3.05, 3.63) is 47.5 Å². The lowest BCUT2D eigenvalue weighted by atomic mass is 9.95. The van der Waals surface area contributed by atoms with Crippen LogP contribution in [0.25, 0.3) is 0 Å². The number of ketones is 1. The van der Waals surface area contributed by atoms with Gasteiger partial charge in [-0.3, -0.25) is 4.79 Å². The lowest BCUT2D eigenvalue weighted by molar-refractivity contribution is -0.355. The van der Waals surface area contributed by atoms with Crippen LogP contribution in [0, 0.1) is 0 Å². The fourth-order valence-corrected chi connectivity index (χ4v) is 5.20. The predicted octanol–water partition coefficient (Wildman–Crippen LogP) is -0.862. The summed E-state index contributed by atoms with van der Waals surface area (Å²) in [4.78, 5) is 12.9. The first-order valence-electron chi connectivity index (χ1n) is 13.4. The van der Waals surface area contributed by atoms with Crippen molar-refractivity contribution in [1.29, 1.82) is 0 Å². The van der Waals surface area contributed by atoms with E-state index in [0.29, 0.717) is 11.3 Å². The van der Waals surface area contributed by atoms with Gasteiger partial charge in [0.15, 0.2) is 18.2 Å². The SMILES string of the molecule is COc1ccc([C@@H]2CC(=O)c3c(O)cc(O[C@@H]4O[C@@H](C)[C@H](O)[C@@H](O)[C@H]4O[C@@H]4O[C@H](CO)[C@@H](O)[C@H](O)[C@H]4O)cc3O2)cc1. The molecular weight excluding hydrogens is 560 g/mol. The summed E-state index contributed by atoms with van der Waals surface area (Å²) in [5.74, 6) is -0.151. The molecule has 0 aromatic heterocycles. The molecule has 3 heterocycles. The molecule has 2 aromatic rings. The molecule has 11 atom stereocenters. The molecule has 2 fully saturated rings. The summed E-state index contributed by atoms with van der Waals surface area (Å²) < 4.78 is 33.9. The largest absolute Gasteiger partial charge is 0.507 e. The highest BCUT2D eigenvalue weighted by Gasteiger charge is 2.50. The highest BCUT2D eigenvalue weighted by Crippen LogP contribution is 2.43. The smallest absolute Gasteiger partial charge is 0.229 e. The Balaban J connectivity index is 1.39. The van der Waals surface area contributed by atoms with Crippen LogP contribution in [0.4, 0.5) is 0 Å². The van der Waals surface area contributed by atoms with E-state index in [-0.39, 0.29) is 29.3 Å². The molecule has 3 aliphatic rings. The van der Waals surface area contributed by atoms with Gasteiger partial charge in [-0.15, -0.1) is 0 Å². The molecule has 7 N–H and O–H groups in total. The molecule has 3 aliphatic heterocycles. The lowest BCUT2D eigenvalue weighted by Crippen LogP contribution is -2.64. The van der Waals surface area contributed by atoms with Crippen molar-refractivity contribution in [3.8, 4) is 23.0 Å². The molecule has 0 unspecified atom stereocenters. The topological polar surface area (TPSA) is 214 Å². The summed E-state index contributed by atoms with van der Waals surface area (Å²) >= 11 is 0. The van der Waals surface area contributed by atoms with Gasteiger partial charge in [-0.25, -0.2) is 0 Å². The fourth-order valence-electron chi connectivity index (χ4n) is 5.20. The van der Waals surface area contributed by atoms with Crippen LogP contribution in [-0.2, 0) is 14.2 Å². The van der Waals surface area contributed by atoms with E-state index in [2.05, 4.69) is 0 Å². The van der Waals surface area contributed by atoms with Crippen molar-refractivity contribution >= 4 is 5.78 Å². The molecule has 2 aromatic carbocycles. The Labute approximate surface area is 240 Å². The standard InChI is InChI=1S/C28H34O14/c1-11-21(32)24(35)26(42-27-25(36)23(34)22(33)19(10-29)41-27)28(38-11)39-14-7-15(30)20-16(31)9-17(40-18(20)8-14)12-3-5-13(37-2)6-4-12/h3-8,11,17,19,21-30,32-36H,9-10H2,1-2H3/t11-,17-,19+,21-,22+,23-,24+,25+,26+,27-,28-/m0/s1. The first kappa shape index (κ1) is 30.4. The maximum atomic E-state index is 12.9. The summed E-state index contributed by atoms with van der Waals surface area (Å²) in [6.45, 7) is 0.763. The number of hydrogen-bond donors (Lipinski definition) is 7. The van der Waals surface area contributed by atoms with E-state index >= 15 is 0 Å². The van der Waals surface area contributed by atoms with Crippen LogP contribution < -0.4 is 14.2 Å². The van der Waals surface area contributed by atoms with Gasteiger partial charge in [-0.2, -0.15) is 0 Å². The Morgan fingerprint density at radius 1 is 0.881 bits per heavy atom. The minimum atomic E-state index is -1.80. The van der Waals surface area contributed by atoms with Crippen LogP contribution in [0.1, 0.15) is 35.4 Å². The fraction of sp³-hybridized carbons (Fsp3) is 0.536. The molecule has 0 radical (unpaired) electrons. The second-order valence-electron chi connectivity index (χ2n) is 10.4. The monoisotopic (exact) mass is 594 g/mol. The number of ether oxygens (including phenoxy) is 6. The Bertz CT molecular complexity index is 1250. The van der Waals surface area contributed by atoms with Gasteiger partial charge in [0.2, 0.25) is 6.29 Å². The highest BCUT2D eigenvalue weighted by atomic mass is 16.8. The van der Waals surface area contributed by atoms with Crippen molar-refractivity contribution in [2.45, 2.75) is 80.9 Å². The normalized spacial score (nSPS) is 36.6. The maximum absolute atomic E-state index is 12.9. The number of hydrogen-bond acceptors (Lipinski definition) is 14. The van der Waals surface area contributed by atoms with Gasteiger partial charge in [-0.1, -0.05) is 12.1 Å². The number of phenolic OH excluding ortho intramolecular Hbond substituents is 1. The van der Waals surface area contributed by atoms with Gasteiger partial charge < -0.3 is 64.2 Å². The van der Waals surface area contributed by atoms with Gasteiger partial charge in [0.1, 0.15) is 71.3 Å². The molecule has 0 bridgehead atoms. The number of benzene rings is 2. The molecule has 0 spiro atoms. The summed E-state index contributed by atoms with van der Waals surface area (Å²) in [7, 11) is 1.53. The number of fused-ring (bicyclic) bond motifs is 1. The summed E-state index contributed by atoms with van der Waals surface area (Å²) in [5.41, 5.74) is 0.671. The minimum Gasteiger partial charge on any atom is -0.507 e. The molecule has 14 nitrogen and oxygen atoms in total. The van der Waals surface area contributed by atoms with Crippen LogP contribution in [-0.4, -0.2) is 117 Å². The minimum absolute atomic E-state index is 0.0184. The van der Waals surface area contributed by atoms with Gasteiger partial charge in [0, 0.05) is 12.1 Å². The van der Waals surface area contributed by atoms with Crippen molar-refractivity contribution in [2.75, 3.05) is 13.7 Å². The summed E-state index contributed by atoms with van der Waals surface area (Å²) in [6, 6.07) is 9.49. The Hall–Kier alpha value is -3.05. The second-order valence-corrected chi connectivity index (χ2v) is 10.4. The molecule has 0 saturated carbocycles. The van der Waals surface area contributed by atoms with Gasteiger partial charge in [-0.05, 0) is 24.6 Å². The number of rotatable bonds is 7. The van der Waals surface area contributed by atoms with Crippen LogP contribution in [0.3, 0.4) is 0 Å². The van der Waals surface area contributed by atoms with E-state index < -0.39 is 79.9 Å². The molecule has 2 saturated heterocycles.